The first-order chi connectivity index (χ1) is 12.1. The van der Waals surface area contributed by atoms with Gasteiger partial charge in [0.2, 0.25) is 10.0 Å². The zero-order valence-corrected chi connectivity index (χ0v) is 15.7. The zero-order valence-electron chi connectivity index (χ0n) is 14.1. The molecule has 2 aromatic heterocycles. The molecule has 25 heavy (non-hydrogen) atoms. The van der Waals surface area contributed by atoms with E-state index in [1.54, 1.807) is 48.0 Å². The highest BCUT2D eigenvalue weighted by Gasteiger charge is 2.21. The molecule has 7 heteroatoms. The summed E-state index contributed by atoms with van der Waals surface area (Å²) in [6.45, 7) is 4.59. The second kappa shape index (κ2) is 7.43. The fourth-order valence-corrected chi connectivity index (χ4v) is 4.82. The van der Waals surface area contributed by atoms with Crippen molar-refractivity contribution in [2.75, 3.05) is 13.1 Å². The van der Waals surface area contributed by atoms with Gasteiger partial charge in [0, 0.05) is 42.0 Å². The van der Waals surface area contributed by atoms with E-state index in [9.17, 15) is 8.42 Å². The molecule has 0 amide bonds. The van der Waals surface area contributed by atoms with Gasteiger partial charge in [-0.15, -0.1) is 11.3 Å². The van der Waals surface area contributed by atoms with Crippen molar-refractivity contribution in [2.45, 2.75) is 18.7 Å². The minimum Gasteiger partial charge on any atom is -0.264 e. The number of benzene rings is 1. The van der Waals surface area contributed by atoms with Crippen LogP contribution >= 0.6 is 11.3 Å². The van der Waals surface area contributed by atoms with Gasteiger partial charge in [0.05, 0.1) is 10.6 Å². The van der Waals surface area contributed by atoms with Crippen molar-refractivity contribution in [3.63, 3.8) is 0 Å². The summed E-state index contributed by atoms with van der Waals surface area (Å²) in [5.41, 5.74) is 2.69. The molecule has 0 fully saturated rings. The van der Waals surface area contributed by atoms with Crippen molar-refractivity contribution in [3.05, 3.63) is 54.2 Å². The van der Waals surface area contributed by atoms with Gasteiger partial charge in [0.25, 0.3) is 0 Å². The van der Waals surface area contributed by atoms with Crippen LogP contribution in [-0.4, -0.2) is 35.8 Å². The molecule has 3 aromatic rings. The lowest BCUT2D eigenvalue weighted by molar-refractivity contribution is 0.445. The van der Waals surface area contributed by atoms with Gasteiger partial charge in [-0.05, 0) is 24.3 Å². The van der Waals surface area contributed by atoms with Gasteiger partial charge < -0.3 is 0 Å². The Labute approximate surface area is 152 Å². The lowest BCUT2D eigenvalue weighted by Gasteiger charge is -2.18. The molecule has 0 unspecified atom stereocenters. The van der Waals surface area contributed by atoms with E-state index in [1.807, 2.05) is 31.4 Å². The highest BCUT2D eigenvalue weighted by Crippen LogP contribution is 2.29. The molecule has 0 aliphatic rings. The molecular weight excluding hydrogens is 354 g/mol. The lowest BCUT2D eigenvalue weighted by atomic mass is 10.2. The first kappa shape index (κ1) is 17.7. The lowest BCUT2D eigenvalue weighted by Crippen LogP contribution is -2.30. The van der Waals surface area contributed by atoms with E-state index in [0.29, 0.717) is 18.0 Å². The molecule has 3 rings (SSSR count). The third-order valence-electron chi connectivity index (χ3n) is 3.91. The third-order valence-corrected chi connectivity index (χ3v) is 6.86. The van der Waals surface area contributed by atoms with Gasteiger partial charge in [-0.1, -0.05) is 26.0 Å². The van der Waals surface area contributed by atoms with Crippen LogP contribution in [0.5, 0.6) is 0 Å². The normalized spacial score (nSPS) is 11.8. The third kappa shape index (κ3) is 3.63. The van der Waals surface area contributed by atoms with E-state index >= 15 is 0 Å². The number of rotatable bonds is 6. The molecule has 130 valence electrons. The number of thiazole rings is 1. The minimum absolute atomic E-state index is 0.308. The highest BCUT2D eigenvalue weighted by atomic mass is 32.2. The van der Waals surface area contributed by atoms with Crippen LogP contribution in [-0.2, 0) is 10.0 Å². The van der Waals surface area contributed by atoms with Crippen LogP contribution in [0.25, 0.3) is 21.8 Å². The second-order valence-electron chi connectivity index (χ2n) is 5.39. The van der Waals surface area contributed by atoms with Crippen LogP contribution in [0.1, 0.15) is 13.8 Å². The van der Waals surface area contributed by atoms with Gasteiger partial charge in [0.15, 0.2) is 0 Å². The Morgan fingerprint density at radius 3 is 2.36 bits per heavy atom. The monoisotopic (exact) mass is 373 g/mol. The number of sulfonamides is 1. The Morgan fingerprint density at radius 1 is 1.04 bits per heavy atom. The SMILES string of the molecule is CCN(CC)S(=O)(=O)c1ccc(-c2csc(-c3cccnc3)n2)cc1. The van der Waals surface area contributed by atoms with Crippen molar-refractivity contribution < 1.29 is 8.42 Å². The standard InChI is InChI=1S/C18H19N3O2S2/c1-3-21(4-2)25(22,23)16-9-7-14(8-10-16)17-13-24-18(20-17)15-6-5-11-19-12-15/h5-13H,3-4H2,1-2H3. The predicted octanol–water partition coefficient (Wildman–Crippen LogP) is 3.90. The average Bonchev–Trinajstić information content (AvgIpc) is 3.13. The van der Waals surface area contributed by atoms with Crippen LogP contribution in [0.4, 0.5) is 0 Å². The van der Waals surface area contributed by atoms with Crippen LogP contribution in [0, 0.1) is 0 Å². The number of hydrogen-bond acceptors (Lipinski definition) is 5. The average molecular weight is 374 g/mol. The van der Waals surface area contributed by atoms with Crippen molar-refractivity contribution in [3.8, 4) is 21.8 Å². The zero-order chi connectivity index (χ0) is 17.9. The number of pyridine rings is 1. The molecule has 0 spiro atoms. The maximum absolute atomic E-state index is 12.5. The number of hydrogen-bond donors (Lipinski definition) is 0. The number of nitrogens with zero attached hydrogens (tertiary/aromatic N) is 3. The molecule has 0 saturated heterocycles. The van der Waals surface area contributed by atoms with E-state index in [-0.39, 0.29) is 0 Å². The Bertz CT molecular complexity index is 932. The van der Waals surface area contributed by atoms with Gasteiger partial charge in [-0.2, -0.15) is 4.31 Å². The van der Waals surface area contributed by atoms with Crippen LogP contribution in [0.2, 0.25) is 0 Å². The maximum atomic E-state index is 12.5. The van der Waals surface area contributed by atoms with Crippen molar-refractivity contribution in [1.82, 2.24) is 14.3 Å². The van der Waals surface area contributed by atoms with E-state index in [2.05, 4.69) is 9.97 Å². The highest BCUT2D eigenvalue weighted by molar-refractivity contribution is 7.89. The Balaban J connectivity index is 1.88. The molecule has 1 aromatic carbocycles. The molecule has 0 aliphatic heterocycles. The summed E-state index contributed by atoms with van der Waals surface area (Å²) in [6.07, 6.45) is 3.51. The smallest absolute Gasteiger partial charge is 0.243 e. The molecule has 0 aliphatic carbocycles. The number of aromatic nitrogens is 2. The van der Waals surface area contributed by atoms with E-state index in [0.717, 1.165) is 21.8 Å². The van der Waals surface area contributed by atoms with Crippen molar-refractivity contribution in [1.29, 1.82) is 0 Å². The molecule has 2 heterocycles. The summed E-state index contributed by atoms with van der Waals surface area (Å²) < 4.78 is 26.5. The first-order valence-corrected chi connectivity index (χ1v) is 10.3. The Kier molecular flexibility index (Phi) is 5.27. The molecular formula is C18H19N3O2S2. The second-order valence-corrected chi connectivity index (χ2v) is 8.19. The van der Waals surface area contributed by atoms with Gasteiger partial charge >= 0.3 is 0 Å². The largest absolute Gasteiger partial charge is 0.264 e. The Hall–Kier alpha value is -2.09. The summed E-state index contributed by atoms with van der Waals surface area (Å²) in [5, 5.41) is 2.86. The molecule has 0 atom stereocenters. The van der Waals surface area contributed by atoms with Crippen molar-refractivity contribution >= 4 is 21.4 Å². The summed E-state index contributed by atoms with van der Waals surface area (Å²) in [5.74, 6) is 0. The topological polar surface area (TPSA) is 63.2 Å². The Morgan fingerprint density at radius 2 is 1.76 bits per heavy atom. The fourth-order valence-electron chi connectivity index (χ4n) is 2.54. The molecule has 0 saturated carbocycles. The van der Waals surface area contributed by atoms with Crippen LogP contribution < -0.4 is 0 Å². The summed E-state index contributed by atoms with van der Waals surface area (Å²) in [6, 6.07) is 10.7. The van der Waals surface area contributed by atoms with E-state index in [4.69, 9.17) is 0 Å². The minimum atomic E-state index is -3.43. The molecule has 0 N–H and O–H groups in total. The summed E-state index contributed by atoms with van der Waals surface area (Å²) in [7, 11) is -3.43. The molecule has 0 bridgehead atoms. The van der Waals surface area contributed by atoms with Crippen LogP contribution in [0.15, 0.2) is 59.1 Å². The quantitative estimate of drug-likeness (QED) is 0.657. The molecule has 0 radical (unpaired) electrons. The maximum Gasteiger partial charge on any atom is 0.243 e. The summed E-state index contributed by atoms with van der Waals surface area (Å²) in [4.78, 5) is 9.05. The first-order valence-electron chi connectivity index (χ1n) is 8.02. The molecule has 5 nitrogen and oxygen atoms in total. The van der Waals surface area contributed by atoms with Gasteiger partial charge in [0.1, 0.15) is 5.01 Å². The van der Waals surface area contributed by atoms with E-state index < -0.39 is 10.0 Å². The van der Waals surface area contributed by atoms with Crippen molar-refractivity contribution in [2.24, 2.45) is 0 Å². The van der Waals surface area contributed by atoms with Gasteiger partial charge in [-0.3, -0.25) is 4.98 Å². The van der Waals surface area contributed by atoms with E-state index in [1.165, 1.54) is 4.31 Å². The van der Waals surface area contributed by atoms with Gasteiger partial charge in [-0.25, -0.2) is 13.4 Å². The predicted molar refractivity (Wildman–Crippen MR) is 101 cm³/mol. The summed E-state index contributed by atoms with van der Waals surface area (Å²) >= 11 is 1.54. The van der Waals surface area contributed by atoms with Crippen LogP contribution in [0.3, 0.4) is 0 Å². The fraction of sp³-hybridized carbons (Fsp3) is 0.222.